The fraction of sp³-hybridized carbons (Fsp3) is 0.467. The maximum atomic E-state index is 12.1. The Bertz CT molecular complexity index is 532. The Balaban J connectivity index is 1.92. The van der Waals surface area contributed by atoms with Crippen LogP contribution >= 0.6 is 15.9 Å². The number of aliphatic carboxylic acids is 1. The number of nitrogens with one attached hydrogen (secondary N) is 1. The molecule has 4 atom stereocenters. The van der Waals surface area contributed by atoms with Crippen LogP contribution in [0, 0.1) is 11.8 Å². The molecule has 0 heterocycles. The predicted molar refractivity (Wildman–Crippen MR) is 79.4 cm³/mol. The first-order valence-corrected chi connectivity index (χ1v) is 7.48. The minimum Gasteiger partial charge on any atom is -0.481 e. The molecule has 0 radical (unpaired) electrons. The van der Waals surface area contributed by atoms with Gasteiger partial charge in [0.1, 0.15) is 0 Å². The van der Waals surface area contributed by atoms with E-state index >= 15 is 0 Å². The number of benzene rings is 1. The van der Waals surface area contributed by atoms with E-state index in [0.29, 0.717) is 0 Å². The minimum absolute atomic E-state index is 0.0345. The zero-order valence-corrected chi connectivity index (χ0v) is 13.1. The SMILES string of the molecule is CC(NC(=O)C1CC1c1cccc(Br)c1)C(C)C(=O)O. The van der Waals surface area contributed by atoms with Crippen LogP contribution in [0.2, 0.25) is 0 Å². The van der Waals surface area contributed by atoms with Gasteiger partial charge in [-0.05, 0) is 43.9 Å². The Morgan fingerprint density at radius 1 is 1.40 bits per heavy atom. The van der Waals surface area contributed by atoms with E-state index in [1.165, 1.54) is 0 Å². The van der Waals surface area contributed by atoms with Crippen molar-refractivity contribution in [2.24, 2.45) is 11.8 Å². The lowest BCUT2D eigenvalue weighted by Gasteiger charge is -2.17. The third-order valence-electron chi connectivity index (χ3n) is 3.91. The predicted octanol–water partition coefficient (Wildman–Crippen LogP) is 2.78. The van der Waals surface area contributed by atoms with Gasteiger partial charge < -0.3 is 10.4 Å². The van der Waals surface area contributed by atoms with Crippen molar-refractivity contribution in [1.82, 2.24) is 5.32 Å². The maximum Gasteiger partial charge on any atom is 0.308 e. The second-order valence-electron chi connectivity index (χ2n) is 5.43. The minimum atomic E-state index is -0.892. The molecule has 4 nitrogen and oxygen atoms in total. The quantitative estimate of drug-likeness (QED) is 0.866. The van der Waals surface area contributed by atoms with Crippen LogP contribution in [0.15, 0.2) is 28.7 Å². The number of rotatable bonds is 5. The third-order valence-corrected chi connectivity index (χ3v) is 4.41. The number of hydrogen-bond acceptors (Lipinski definition) is 2. The second kappa shape index (κ2) is 5.95. The summed E-state index contributed by atoms with van der Waals surface area (Å²) in [6.45, 7) is 3.33. The average Bonchev–Trinajstić information content (AvgIpc) is 3.17. The molecule has 0 aliphatic heterocycles. The molecule has 1 fully saturated rings. The molecule has 2 N–H and O–H groups in total. The lowest BCUT2D eigenvalue weighted by molar-refractivity contribution is -0.142. The van der Waals surface area contributed by atoms with Gasteiger partial charge in [0.25, 0.3) is 0 Å². The molecule has 1 amide bonds. The molecular formula is C15H18BrNO3. The van der Waals surface area contributed by atoms with E-state index in [4.69, 9.17) is 5.11 Å². The van der Waals surface area contributed by atoms with E-state index in [2.05, 4.69) is 21.2 Å². The van der Waals surface area contributed by atoms with Crippen molar-refractivity contribution in [1.29, 1.82) is 0 Å². The molecule has 1 aromatic carbocycles. The molecule has 0 saturated heterocycles. The summed E-state index contributed by atoms with van der Waals surface area (Å²) in [6.07, 6.45) is 0.830. The molecule has 20 heavy (non-hydrogen) atoms. The highest BCUT2D eigenvalue weighted by molar-refractivity contribution is 9.10. The number of carbonyl (C=O) groups excluding carboxylic acids is 1. The van der Waals surface area contributed by atoms with Gasteiger partial charge in [0.05, 0.1) is 5.92 Å². The lowest BCUT2D eigenvalue weighted by Crippen LogP contribution is -2.40. The highest BCUT2D eigenvalue weighted by atomic mass is 79.9. The van der Waals surface area contributed by atoms with Crippen molar-refractivity contribution in [3.05, 3.63) is 34.3 Å². The van der Waals surface area contributed by atoms with Crippen LogP contribution in [-0.4, -0.2) is 23.0 Å². The normalized spacial score (nSPS) is 23.8. The molecule has 108 valence electrons. The van der Waals surface area contributed by atoms with E-state index in [1.54, 1.807) is 13.8 Å². The monoisotopic (exact) mass is 339 g/mol. The number of hydrogen-bond donors (Lipinski definition) is 2. The molecule has 1 saturated carbocycles. The molecule has 5 heteroatoms. The van der Waals surface area contributed by atoms with Crippen molar-refractivity contribution in [3.8, 4) is 0 Å². The van der Waals surface area contributed by atoms with E-state index in [1.807, 2.05) is 24.3 Å². The van der Waals surface area contributed by atoms with Gasteiger partial charge in [-0.25, -0.2) is 0 Å². The first-order valence-electron chi connectivity index (χ1n) is 6.68. The van der Waals surface area contributed by atoms with Gasteiger partial charge in [-0.3, -0.25) is 9.59 Å². The largest absolute Gasteiger partial charge is 0.481 e. The zero-order valence-electron chi connectivity index (χ0n) is 11.5. The number of amides is 1. The summed E-state index contributed by atoms with van der Waals surface area (Å²) in [4.78, 5) is 23.0. The summed E-state index contributed by atoms with van der Waals surface area (Å²) in [5, 5.41) is 11.7. The van der Waals surface area contributed by atoms with Gasteiger partial charge in [0, 0.05) is 16.4 Å². The molecule has 0 spiro atoms. The van der Waals surface area contributed by atoms with E-state index in [0.717, 1.165) is 16.5 Å². The van der Waals surface area contributed by atoms with E-state index in [-0.39, 0.29) is 23.8 Å². The van der Waals surface area contributed by atoms with Crippen molar-refractivity contribution in [3.63, 3.8) is 0 Å². The standard InChI is InChI=1S/C15H18BrNO3/c1-8(15(19)20)9(2)17-14(18)13-7-12(13)10-4-3-5-11(16)6-10/h3-6,8-9,12-13H,7H2,1-2H3,(H,17,18)(H,19,20). The summed E-state index contributed by atoms with van der Waals surface area (Å²) in [5.41, 5.74) is 1.15. The van der Waals surface area contributed by atoms with Crippen LogP contribution in [0.4, 0.5) is 0 Å². The Labute approximate surface area is 126 Å². The highest BCUT2D eigenvalue weighted by Crippen LogP contribution is 2.48. The van der Waals surface area contributed by atoms with Crippen LogP contribution in [0.3, 0.4) is 0 Å². The third kappa shape index (κ3) is 3.39. The Morgan fingerprint density at radius 3 is 2.70 bits per heavy atom. The summed E-state index contributed by atoms with van der Waals surface area (Å²) in [5.74, 6) is -1.30. The second-order valence-corrected chi connectivity index (χ2v) is 6.34. The van der Waals surface area contributed by atoms with Gasteiger partial charge >= 0.3 is 5.97 Å². The van der Waals surface area contributed by atoms with Crippen LogP contribution in [0.1, 0.15) is 31.7 Å². The molecule has 1 aromatic rings. The van der Waals surface area contributed by atoms with Crippen LogP contribution < -0.4 is 5.32 Å². The molecule has 0 bridgehead atoms. The Hall–Kier alpha value is -1.36. The molecular weight excluding hydrogens is 322 g/mol. The van der Waals surface area contributed by atoms with Gasteiger partial charge in [0.2, 0.25) is 5.91 Å². The van der Waals surface area contributed by atoms with Crippen LogP contribution in [-0.2, 0) is 9.59 Å². The van der Waals surface area contributed by atoms with Crippen molar-refractivity contribution in [2.45, 2.75) is 32.2 Å². The highest BCUT2D eigenvalue weighted by Gasteiger charge is 2.44. The fourth-order valence-electron chi connectivity index (χ4n) is 2.26. The van der Waals surface area contributed by atoms with Gasteiger partial charge in [0.15, 0.2) is 0 Å². The molecule has 2 rings (SSSR count). The number of carboxylic acids is 1. The zero-order chi connectivity index (χ0) is 14.9. The topological polar surface area (TPSA) is 66.4 Å². The summed E-state index contributed by atoms with van der Waals surface area (Å²) < 4.78 is 1.01. The molecule has 1 aliphatic rings. The Morgan fingerprint density at radius 2 is 2.10 bits per heavy atom. The summed E-state index contributed by atoms with van der Waals surface area (Å²) in [7, 11) is 0. The lowest BCUT2D eigenvalue weighted by atomic mass is 10.0. The van der Waals surface area contributed by atoms with E-state index in [9.17, 15) is 9.59 Å². The van der Waals surface area contributed by atoms with Crippen molar-refractivity contribution < 1.29 is 14.7 Å². The van der Waals surface area contributed by atoms with Gasteiger partial charge in [-0.15, -0.1) is 0 Å². The fourth-order valence-corrected chi connectivity index (χ4v) is 2.68. The average molecular weight is 340 g/mol. The molecule has 1 aliphatic carbocycles. The smallest absolute Gasteiger partial charge is 0.308 e. The van der Waals surface area contributed by atoms with Crippen molar-refractivity contribution in [2.75, 3.05) is 0 Å². The number of carboxylic acid groups (broad SMARTS) is 1. The number of carbonyl (C=O) groups is 2. The number of halogens is 1. The maximum absolute atomic E-state index is 12.1. The molecule has 0 aromatic heterocycles. The van der Waals surface area contributed by atoms with Crippen LogP contribution in [0.25, 0.3) is 0 Å². The first-order chi connectivity index (χ1) is 9.40. The summed E-state index contributed by atoms with van der Waals surface area (Å²) in [6, 6.07) is 7.61. The molecule has 4 unspecified atom stereocenters. The van der Waals surface area contributed by atoms with Gasteiger partial charge in [-0.2, -0.15) is 0 Å². The van der Waals surface area contributed by atoms with Gasteiger partial charge in [-0.1, -0.05) is 28.1 Å². The summed E-state index contributed by atoms with van der Waals surface area (Å²) >= 11 is 3.42. The van der Waals surface area contributed by atoms with Crippen LogP contribution in [0.5, 0.6) is 0 Å². The van der Waals surface area contributed by atoms with E-state index < -0.39 is 11.9 Å². The Kier molecular flexibility index (Phi) is 4.48. The first kappa shape index (κ1) is 15.0. The van der Waals surface area contributed by atoms with Crippen molar-refractivity contribution >= 4 is 27.8 Å².